The molecule has 6 nitrogen and oxygen atoms in total. The molecule has 2 N–H and O–H groups in total. The average molecular weight is 426 g/mol. The molecule has 30 heavy (non-hydrogen) atoms. The highest BCUT2D eigenvalue weighted by atomic mass is 32.2. The Kier molecular flexibility index (Phi) is 6.42. The highest BCUT2D eigenvalue weighted by Crippen LogP contribution is 2.23. The average Bonchev–Trinajstić information content (AvgIpc) is 3.13. The number of furan rings is 1. The number of aryl methyl sites for hydroxylation is 2. The van der Waals surface area contributed by atoms with Gasteiger partial charge in [-0.1, -0.05) is 30.3 Å². The van der Waals surface area contributed by atoms with Crippen LogP contribution in [-0.2, 0) is 27.5 Å². The van der Waals surface area contributed by atoms with Crippen LogP contribution in [0, 0.1) is 6.92 Å². The van der Waals surface area contributed by atoms with E-state index in [2.05, 4.69) is 0 Å². The predicted molar refractivity (Wildman–Crippen MR) is 115 cm³/mol. The first-order valence-corrected chi connectivity index (χ1v) is 11.0. The molecule has 0 saturated carbocycles. The zero-order valence-corrected chi connectivity index (χ0v) is 17.2. The summed E-state index contributed by atoms with van der Waals surface area (Å²) in [7, 11) is -3.47. The minimum absolute atomic E-state index is 0.0623. The molecule has 0 aliphatic rings. The van der Waals surface area contributed by atoms with E-state index in [1.807, 2.05) is 43.3 Å². The Morgan fingerprint density at radius 3 is 2.57 bits per heavy atom. The van der Waals surface area contributed by atoms with E-state index < -0.39 is 15.8 Å². The third-order valence-corrected chi connectivity index (χ3v) is 5.87. The van der Waals surface area contributed by atoms with Crippen LogP contribution in [0.4, 0.5) is 0 Å². The van der Waals surface area contributed by atoms with Crippen molar-refractivity contribution in [2.75, 3.05) is 5.75 Å². The summed E-state index contributed by atoms with van der Waals surface area (Å²) >= 11 is 0. The van der Waals surface area contributed by atoms with Crippen molar-refractivity contribution < 1.29 is 27.8 Å². The summed E-state index contributed by atoms with van der Waals surface area (Å²) in [5.41, 5.74) is 2.52. The first-order valence-electron chi connectivity index (χ1n) is 9.32. The van der Waals surface area contributed by atoms with E-state index in [0.717, 1.165) is 28.1 Å². The molecule has 0 saturated heterocycles. The van der Waals surface area contributed by atoms with E-state index in [-0.39, 0.29) is 23.5 Å². The summed E-state index contributed by atoms with van der Waals surface area (Å²) in [6.07, 6.45) is 1.44. The zero-order valence-electron chi connectivity index (χ0n) is 16.4. The Bertz CT molecular complexity index is 1190. The Balaban J connectivity index is 1.66. The fraction of sp³-hybridized carbons (Fsp3) is 0.174. The summed E-state index contributed by atoms with van der Waals surface area (Å²) < 4.78 is 30.4. The van der Waals surface area contributed by atoms with Gasteiger partial charge in [0.1, 0.15) is 17.3 Å². The quantitative estimate of drug-likeness (QED) is 0.559. The number of hydrogen-bond donors (Lipinski definition) is 2. The number of hydrogen-bond acceptors (Lipinski definition) is 5. The van der Waals surface area contributed by atoms with Crippen LogP contribution in [0.2, 0.25) is 0 Å². The number of rotatable bonds is 8. The minimum atomic E-state index is -3.47. The van der Waals surface area contributed by atoms with Gasteiger partial charge in [-0.3, -0.25) is 4.79 Å². The molecule has 0 fully saturated rings. The van der Waals surface area contributed by atoms with Gasteiger partial charge in [-0.2, -0.15) is 0 Å². The molecule has 3 aromatic rings. The van der Waals surface area contributed by atoms with Crippen molar-refractivity contribution in [3.05, 3.63) is 82.5 Å². The summed E-state index contributed by atoms with van der Waals surface area (Å²) in [6, 6.07) is 15.7. The Morgan fingerprint density at radius 2 is 1.90 bits per heavy atom. The maximum atomic E-state index is 12.4. The van der Waals surface area contributed by atoms with E-state index in [1.54, 1.807) is 6.07 Å². The number of carbonyl (C=O) groups is 1. The molecule has 3 rings (SSSR count). The van der Waals surface area contributed by atoms with Gasteiger partial charge >= 0.3 is 5.97 Å². The molecule has 0 amide bonds. The monoisotopic (exact) mass is 426 g/mol. The molecule has 156 valence electrons. The molecule has 1 heterocycles. The van der Waals surface area contributed by atoms with Crippen LogP contribution in [0.3, 0.4) is 0 Å². The van der Waals surface area contributed by atoms with Gasteiger partial charge in [0.05, 0.1) is 12.2 Å². The summed E-state index contributed by atoms with van der Waals surface area (Å²) in [6.45, 7) is 1.87. The third-order valence-electron chi connectivity index (χ3n) is 4.55. The van der Waals surface area contributed by atoms with E-state index in [1.165, 1.54) is 18.2 Å². The molecule has 7 heteroatoms. The molecule has 0 spiro atoms. The summed E-state index contributed by atoms with van der Waals surface area (Å²) in [5.74, 6) is 0.255. The van der Waals surface area contributed by atoms with E-state index in [9.17, 15) is 18.3 Å². The fourth-order valence-electron chi connectivity index (χ4n) is 2.98. The number of phenolic OH excluding ortho intramolecular Hbond substituents is 1. The van der Waals surface area contributed by atoms with Crippen molar-refractivity contribution in [1.29, 1.82) is 0 Å². The number of sulfone groups is 1. The van der Waals surface area contributed by atoms with Crippen LogP contribution in [-0.4, -0.2) is 30.4 Å². The van der Waals surface area contributed by atoms with E-state index in [0.29, 0.717) is 12.0 Å². The molecule has 0 unspecified atom stereocenters. The van der Waals surface area contributed by atoms with Crippen molar-refractivity contribution >= 4 is 21.9 Å². The van der Waals surface area contributed by atoms with E-state index >= 15 is 0 Å². The lowest BCUT2D eigenvalue weighted by Gasteiger charge is -2.04. The van der Waals surface area contributed by atoms with E-state index in [4.69, 9.17) is 9.52 Å². The number of benzene rings is 2. The molecule has 0 bridgehead atoms. The number of carboxylic acids is 1. The lowest BCUT2D eigenvalue weighted by molar-refractivity contribution is -0.136. The van der Waals surface area contributed by atoms with Crippen molar-refractivity contribution in [3.63, 3.8) is 0 Å². The minimum Gasteiger partial charge on any atom is -0.508 e. The van der Waals surface area contributed by atoms with Crippen molar-refractivity contribution in [3.8, 4) is 17.1 Å². The highest BCUT2D eigenvalue weighted by molar-refractivity contribution is 7.94. The third kappa shape index (κ3) is 5.84. The van der Waals surface area contributed by atoms with Crippen molar-refractivity contribution in [1.82, 2.24) is 0 Å². The molecule has 0 radical (unpaired) electrons. The first kappa shape index (κ1) is 21.4. The molecule has 0 atom stereocenters. The number of aromatic hydroxyl groups is 1. The highest BCUT2D eigenvalue weighted by Gasteiger charge is 2.10. The van der Waals surface area contributed by atoms with Crippen LogP contribution in [0.1, 0.15) is 22.5 Å². The second kappa shape index (κ2) is 9.00. The lowest BCUT2D eigenvalue weighted by atomic mass is 10.1. The molecule has 0 aliphatic carbocycles. The van der Waals surface area contributed by atoms with Crippen LogP contribution in [0.5, 0.6) is 5.75 Å². The van der Waals surface area contributed by atoms with Gasteiger partial charge in [-0.15, -0.1) is 0 Å². The van der Waals surface area contributed by atoms with Gasteiger partial charge in [0.2, 0.25) is 0 Å². The van der Waals surface area contributed by atoms with Crippen LogP contribution >= 0.6 is 0 Å². The molecular formula is C23H22O6S. The topological polar surface area (TPSA) is 105 Å². The second-order valence-electron chi connectivity index (χ2n) is 6.99. The maximum Gasteiger partial charge on any atom is 0.307 e. The Morgan fingerprint density at radius 1 is 1.10 bits per heavy atom. The fourth-order valence-corrected chi connectivity index (χ4v) is 4.00. The van der Waals surface area contributed by atoms with Crippen LogP contribution in [0.25, 0.3) is 17.4 Å². The van der Waals surface area contributed by atoms with Crippen molar-refractivity contribution in [2.24, 2.45) is 0 Å². The van der Waals surface area contributed by atoms with Gasteiger partial charge in [0.25, 0.3) is 0 Å². The molecule has 1 aromatic heterocycles. The SMILES string of the molecule is Cc1ccc(-c2cccc(CCS(=O)(=O)/C=C/c3ccc(CC(=O)O)c(O)c3)c2)o1. The number of phenols is 1. The molecular weight excluding hydrogens is 404 g/mol. The summed E-state index contributed by atoms with van der Waals surface area (Å²) in [5, 5.41) is 19.8. The second-order valence-corrected chi connectivity index (χ2v) is 9.00. The van der Waals surface area contributed by atoms with Gasteiger partial charge < -0.3 is 14.6 Å². The Hall–Kier alpha value is -3.32. The van der Waals surface area contributed by atoms with Gasteiger partial charge in [0, 0.05) is 16.5 Å². The van der Waals surface area contributed by atoms with Gasteiger partial charge in [0.15, 0.2) is 9.84 Å². The largest absolute Gasteiger partial charge is 0.508 e. The smallest absolute Gasteiger partial charge is 0.307 e. The predicted octanol–water partition coefficient (Wildman–Crippen LogP) is 4.22. The Labute approximate surface area is 175 Å². The maximum absolute atomic E-state index is 12.4. The first-order chi connectivity index (χ1) is 14.2. The van der Waals surface area contributed by atoms with Crippen LogP contribution < -0.4 is 0 Å². The lowest BCUT2D eigenvalue weighted by Crippen LogP contribution is -2.05. The zero-order chi connectivity index (χ0) is 21.7. The van der Waals surface area contributed by atoms with Crippen LogP contribution in [0.15, 0.2) is 64.4 Å². The van der Waals surface area contributed by atoms with Crippen molar-refractivity contribution in [2.45, 2.75) is 19.8 Å². The summed E-state index contributed by atoms with van der Waals surface area (Å²) in [4.78, 5) is 10.7. The number of aliphatic carboxylic acids is 1. The normalized spacial score (nSPS) is 11.8. The van der Waals surface area contributed by atoms with Gasteiger partial charge in [-0.25, -0.2) is 8.42 Å². The molecule has 0 aliphatic heterocycles. The standard InChI is InChI=1S/C23H22O6S/c1-16-5-8-22(29-16)20-4-2-3-17(13-20)9-11-30(27,28)12-10-18-6-7-19(15-23(25)26)21(24)14-18/h2-8,10,12-14,24H,9,11,15H2,1H3,(H,25,26)/b12-10+. The molecule has 2 aromatic carbocycles. The van der Waals surface area contributed by atoms with Gasteiger partial charge in [-0.05, 0) is 54.8 Å². The number of carboxylic acid groups (broad SMARTS) is 1.